The van der Waals surface area contributed by atoms with Gasteiger partial charge in [-0.15, -0.1) is 0 Å². The number of likely N-dealkylation sites (tertiary alicyclic amines) is 1. The van der Waals surface area contributed by atoms with Crippen molar-refractivity contribution in [2.24, 2.45) is 5.92 Å². The van der Waals surface area contributed by atoms with E-state index in [1.165, 1.54) is 6.07 Å². The first kappa shape index (κ1) is 24.6. The van der Waals surface area contributed by atoms with Crippen molar-refractivity contribution in [3.63, 3.8) is 0 Å². The van der Waals surface area contributed by atoms with Crippen LogP contribution >= 0.6 is 11.6 Å². The van der Waals surface area contributed by atoms with Crippen LogP contribution in [0.3, 0.4) is 0 Å². The number of benzene rings is 1. The highest BCUT2D eigenvalue weighted by atomic mass is 35.5. The van der Waals surface area contributed by atoms with E-state index in [2.05, 4.69) is 10.2 Å². The smallest absolute Gasteiger partial charge is 0.255 e. The summed E-state index contributed by atoms with van der Waals surface area (Å²) in [4.78, 5) is 28.5. The molecule has 32 heavy (non-hydrogen) atoms. The number of carbonyl (C=O) groups excluding carboxylic acids is 2. The van der Waals surface area contributed by atoms with Crippen molar-refractivity contribution in [1.29, 1.82) is 0 Å². The Morgan fingerprint density at radius 2 is 2.06 bits per heavy atom. The Balaban J connectivity index is 1.48. The first-order valence-electron chi connectivity index (χ1n) is 11.1. The molecule has 0 spiro atoms. The van der Waals surface area contributed by atoms with E-state index in [0.29, 0.717) is 60.8 Å². The second kappa shape index (κ2) is 11.7. The molecule has 0 saturated carbocycles. The molecule has 9 nitrogen and oxygen atoms in total. The number of hydrogen-bond donors (Lipinski definition) is 3. The van der Waals surface area contributed by atoms with E-state index in [9.17, 15) is 9.59 Å². The predicted molar refractivity (Wildman–Crippen MR) is 122 cm³/mol. The minimum absolute atomic E-state index is 0.108. The van der Waals surface area contributed by atoms with Crippen molar-refractivity contribution >= 4 is 29.1 Å². The number of carbonyl (C=O) groups is 2. The van der Waals surface area contributed by atoms with Gasteiger partial charge in [-0.3, -0.25) is 14.5 Å². The Kier molecular flexibility index (Phi) is 8.98. The molecule has 2 amide bonds. The summed E-state index contributed by atoms with van der Waals surface area (Å²) in [6.45, 7) is 6.74. The number of amides is 2. The number of ether oxygens (including phenoxy) is 2. The van der Waals surface area contributed by atoms with Crippen LogP contribution in [0.5, 0.6) is 5.75 Å². The lowest BCUT2D eigenvalue weighted by molar-refractivity contribution is -0.135. The average Bonchev–Trinajstić information content (AvgIpc) is 2.80. The number of morpholine rings is 1. The Bertz CT molecular complexity index is 801. The van der Waals surface area contributed by atoms with Gasteiger partial charge in [0.05, 0.1) is 35.6 Å². The summed E-state index contributed by atoms with van der Waals surface area (Å²) >= 11 is 6.10. The van der Waals surface area contributed by atoms with Gasteiger partial charge in [0.15, 0.2) is 0 Å². The first-order valence-corrected chi connectivity index (χ1v) is 11.5. The molecule has 2 aliphatic heterocycles. The molecule has 2 saturated heterocycles. The largest absolute Gasteiger partial charge is 0.493 e. The van der Waals surface area contributed by atoms with Gasteiger partial charge in [-0.1, -0.05) is 11.6 Å². The Morgan fingerprint density at radius 3 is 2.75 bits per heavy atom. The molecule has 3 rings (SSSR count). The zero-order chi connectivity index (χ0) is 23.1. The molecule has 0 aliphatic carbocycles. The van der Waals surface area contributed by atoms with Crippen LogP contribution < -0.4 is 15.8 Å². The van der Waals surface area contributed by atoms with Crippen LogP contribution in [0.2, 0.25) is 5.02 Å². The number of nitrogen functional groups attached to an aromatic ring is 1. The number of nitrogens with two attached hydrogens (primary N) is 1. The van der Waals surface area contributed by atoms with Gasteiger partial charge in [0, 0.05) is 45.3 Å². The lowest BCUT2D eigenvalue weighted by atomic mass is 9.96. The fraction of sp³-hybridized carbons (Fsp3) is 0.636. The third-order valence-electron chi connectivity index (χ3n) is 5.98. The Hall–Kier alpha value is -2.07. The molecular formula is C22H33ClN4O5. The van der Waals surface area contributed by atoms with E-state index < -0.39 is 6.61 Å². The maximum Gasteiger partial charge on any atom is 0.255 e. The zero-order valence-corrected chi connectivity index (χ0v) is 19.3. The van der Waals surface area contributed by atoms with Crippen molar-refractivity contribution < 1.29 is 24.2 Å². The molecule has 2 aliphatic rings. The lowest BCUT2D eigenvalue weighted by Crippen LogP contribution is -2.50. The van der Waals surface area contributed by atoms with Crippen molar-refractivity contribution in [3.8, 4) is 5.75 Å². The molecule has 10 heteroatoms. The Morgan fingerprint density at radius 1 is 1.31 bits per heavy atom. The van der Waals surface area contributed by atoms with Crippen LogP contribution in [0.4, 0.5) is 5.69 Å². The number of hydrogen-bond acceptors (Lipinski definition) is 7. The molecule has 0 radical (unpaired) electrons. The number of nitrogens with one attached hydrogen (secondary N) is 1. The molecule has 178 valence electrons. The number of piperidine rings is 1. The number of nitrogens with zero attached hydrogens (tertiary/aromatic N) is 2. The number of aliphatic hydroxyl groups is 1. The second-order valence-corrected chi connectivity index (χ2v) is 8.65. The van der Waals surface area contributed by atoms with Crippen molar-refractivity contribution in [2.45, 2.75) is 25.9 Å². The van der Waals surface area contributed by atoms with Crippen LogP contribution in [-0.4, -0.2) is 91.9 Å². The van der Waals surface area contributed by atoms with E-state index >= 15 is 0 Å². The fourth-order valence-corrected chi connectivity index (χ4v) is 4.39. The molecule has 4 N–H and O–H groups in total. The summed E-state index contributed by atoms with van der Waals surface area (Å²) in [5.74, 6) is 0.443. The minimum atomic E-state index is -0.420. The lowest BCUT2D eigenvalue weighted by Gasteiger charge is -2.38. The summed E-state index contributed by atoms with van der Waals surface area (Å²) in [6.07, 6.45) is 1.76. The molecule has 1 aromatic carbocycles. The van der Waals surface area contributed by atoms with Crippen molar-refractivity contribution in [3.05, 3.63) is 22.7 Å². The average molecular weight is 469 g/mol. The molecule has 1 atom stereocenters. The summed E-state index contributed by atoms with van der Waals surface area (Å²) < 4.78 is 11.4. The van der Waals surface area contributed by atoms with Gasteiger partial charge in [0.2, 0.25) is 5.91 Å². The van der Waals surface area contributed by atoms with Crippen LogP contribution in [-0.2, 0) is 9.53 Å². The molecule has 2 fully saturated rings. The van der Waals surface area contributed by atoms with Gasteiger partial charge < -0.3 is 30.5 Å². The second-order valence-electron chi connectivity index (χ2n) is 8.25. The summed E-state index contributed by atoms with van der Waals surface area (Å²) in [6, 6.07) is 3.10. The Labute approximate surface area is 193 Å². The van der Waals surface area contributed by atoms with E-state index in [0.717, 1.165) is 32.5 Å². The minimum Gasteiger partial charge on any atom is -0.493 e. The summed E-state index contributed by atoms with van der Waals surface area (Å²) in [5, 5.41) is 12.2. The van der Waals surface area contributed by atoms with Gasteiger partial charge in [-0.2, -0.15) is 0 Å². The van der Waals surface area contributed by atoms with E-state index in [-0.39, 0.29) is 17.9 Å². The molecule has 0 bridgehead atoms. The van der Waals surface area contributed by atoms with Crippen molar-refractivity contribution in [2.75, 3.05) is 64.8 Å². The predicted octanol–water partition coefficient (Wildman–Crippen LogP) is 0.982. The third kappa shape index (κ3) is 6.48. The van der Waals surface area contributed by atoms with E-state index in [1.54, 1.807) is 11.0 Å². The molecule has 1 aromatic rings. The fourth-order valence-electron chi connectivity index (χ4n) is 4.22. The van der Waals surface area contributed by atoms with Gasteiger partial charge in [-0.25, -0.2) is 0 Å². The quantitative estimate of drug-likeness (QED) is 0.487. The molecule has 2 heterocycles. The summed E-state index contributed by atoms with van der Waals surface area (Å²) in [5.41, 5.74) is 6.55. The number of anilines is 1. The van der Waals surface area contributed by atoms with Crippen LogP contribution in [0.1, 0.15) is 30.1 Å². The molecule has 1 unspecified atom stereocenters. The first-order chi connectivity index (χ1) is 15.4. The van der Waals surface area contributed by atoms with Crippen molar-refractivity contribution in [1.82, 2.24) is 15.1 Å². The number of rotatable bonds is 8. The van der Waals surface area contributed by atoms with Crippen LogP contribution in [0.25, 0.3) is 0 Å². The highest BCUT2D eigenvalue weighted by Crippen LogP contribution is 2.29. The van der Waals surface area contributed by atoms with Gasteiger partial charge in [0.1, 0.15) is 12.4 Å². The zero-order valence-electron chi connectivity index (χ0n) is 18.5. The van der Waals surface area contributed by atoms with Gasteiger partial charge in [0.25, 0.3) is 5.91 Å². The normalized spacial score (nSPS) is 20.2. The van der Waals surface area contributed by atoms with Gasteiger partial charge in [-0.05, 0) is 31.7 Å². The monoisotopic (exact) mass is 468 g/mol. The maximum atomic E-state index is 12.7. The molecule has 0 aromatic heterocycles. The highest BCUT2D eigenvalue weighted by molar-refractivity contribution is 6.33. The van der Waals surface area contributed by atoms with Crippen LogP contribution in [0, 0.1) is 5.92 Å². The number of halogens is 1. The van der Waals surface area contributed by atoms with Crippen LogP contribution in [0.15, 0.2) is 12.1 Å². The van der Waals surface area contributed by atoms with E-state index in [1.807, 2.05) is 6.92 Å². The maximum absolute atomic E-state index is 12.7. The third-order valence-corrected chi connectivity index (χ3v) is 6.30. The van der Waals surface area contributed by atoms with Gasteiger partial charge >= 0.3 is 0 Å². The molecular weight excluding hydrogens is 436 g/mol. The SMILES string of the molecule is CCOc1cc(N)c(Cl)cc1C(=O)NCC1CN(CC2CCN(C(=O)CO)CC2)CCO1. The topological polar surface area (TPSA) is 117 Å². The standard InChI is InChI=1S/C22H33ClN4O5/c1-2-31-20-10-19(24)18(23)9-17(20)22(30)25-11-16-13-26(7-8-32-16)12-15-3-5-27(6-4-15)21(29)14-28/h9-10,15-16,28H,2-8,11-14,24H2,1H3,(H,25,30). The number of aliphatic hydroxyl groups excluding tert-OH is 1. The van der Waals surface area contributed by atoms with E-state index in [4.69, 9.17) is 31.9 Å². The highest BCUT2D eigenvalue weighted by Gasteiger charge is 2.27. The summed E-state index contributed by atoms with van der Waals surface area (Å²) in [7, 11) is 0.